The van der Waals surface area contributed by atoms with E-state index in [1.807, 2.05) is 37.3 Å². The number of rotatable bonds is 7. The number of ether oxygens (including phenoxy) is 1. The van der Waals surface area contributed by atoms with Gasteiger partial charge in [-0.05, 0) is 35.7 Å². The molecule has 0 aliphatic heterocycles. The molecule has 0 aliphatic carbocycles. The summed E-state index contributed by atoms with van der Waals surface area (Å²) in [7, 11) is 1.18. The molecular formula is C23H21N3O5. The highest BCUT2D eigenvalue weighted by Crippen LogP contribution is 2.22. The van der Waals surface area contributed by atoms with Crippen LogP contribution in [0.15, 0.2) is 67.0 Å². The van der Waals surface area contributed by atoms with Crippen molar-refractivity contribution < 1.29 is 19.2 Å². The van der Waals surface area contributed by atoms with Crippen molar-refractivity contribution in [1.82, 2.24) is 9.88 Å². The Morgan fingerprint density at radius 2 is 1.81 bits per heavy atom. The monoisotopic (exact) mass is 419 g/mol. The minimum atomic E-state index is -0.754. The van der Waals surface area contributed by atoms with E-state index in [0.29, 0.717) is 0 Å². The zero-order valence-electron chi connectivity index (χ0n) is 17.1. The number of methoxy groups -OCH3 is 1. The third-order valence-electron chi connectivity index (χ3n) is 4.80. The Morgan fingerprint density at radius 1 is 1.06 bits per heavy atom. The number of nitro groups is 1. The van der Waals surface area contributed by atoms with E-state index < -0.39 is 16.8 Å². The molecule has 1 amide bonds. The Hall–Kier alpha value is -4.07. The van der Waals surface area contributed by atoms with Gasteiger partial charge >= 0.3 is 5.97 Å². The number of aryl methyl sites for hydroxylation is 1. The summed E-state index contributed by atoms with van der Waals surface area (Å²) in [5, 5.41) is 11.4. The number of hydrogen-bond donors (Lipinski definition) is 0. The van der Waals surface area contributed by atoms with Gasteiger partial charge in [0.05, 0.1) is 17.6 Å². The van der Waals surface area contributed by atoms with Gasteiger partial charge in [0.2, 0.25) is 0 Å². The van der Waals surface area contributed by atoms with E-state index in [9.17, 15) is 19.7 Å². The van der Waals surface area contributed by atoms with Crippen molar-refractivity contribution in [1.29, 1.82) is 0 Å². The number of pyridine rings is 1. The van der Waals surface area contributed by atoms with Crippen molar-refractivity contribution in [2.45, 2.75) is 20.0 Å². The van der Waals surface area contributed by atoms with Gasteiger partial charge in [-0.15, -0.1) is 0 Å². The normalized spacial score (nSPS) is 10.4. The summed E-state index contributed by atoms with van der Waals surface area (Å²) in [4.78, 5) is 41.8. The van der Waals surface area contributed by atoms with Gasteiger partial charge in [-0.1, -0.05) is 30.3 Å². The van der Waals surface area contributed by atoms with E-state index >= 15 is 0 Å². The fourth-order valence-electron chi connectivity index (χ4n) is 3.16. The molecule has 3 rings (SSSR count). The first-order chi connectivity index (χ1) is 14.9. The van der Waals surface area contributed by atoms with Crippen LogP contribution in [-0.4, -0.2) is 33.8 Å². The number of aromatic nitrogens is 1. The third kappa shape index (κ3) is 5.30. The standard InChI is InChI=1S/C23H21N3O5/c1-16-6-3-4-8-18(16)15-25(14-17-7-5-9-24-13-17)22(27)19-10-20(23(28)31-2)12-21(11-19)26(29)30/h3-13H,14-15H2,1-2H3. The lowest BCUT2D eigenvalue weighted by molar-refractivity contribution is -0.384. The molecule has 1 heterocycles. The van der Waals surface area contributed by atoms with Crippen molar-refractivity contribution >= 4 is 17.6 Å². The van der Waals surface area contributed by atoms with E-state index in [-0.39, 0.29) is 29.9 Å². The summed E-state index contributed by atoms with van der Waals surface area (Å²) in [6.45, 7) is 2.48. The molecule has 0 unspecified atom stereocenters. The van der Waals surface area contributed by atoms with Crippen LogP contribution in [0, 0.1) is 17.0 Å². The maximum absolute atomic E-state index is 13.4. The zero-order valence-corrected chi connectivity index (χ0v) is 17.1. The maximum atomic E-state index is 13.4. The second-order valence-corrected chi connectivity index (χ2v) is 6.97. The van der Waals surface area contributed by atoms with Crippen molar-refractivity contribution in [3.8, 4) is 0 Å². The summed E-state index contributed by atoms with van der Waals surface area (Å²) in [5.74, 6) is -1.20. The molecule has 8 heteroatoms. The van der Waals surface area contributed by atoms with Crippen LogP contribution in [-0.2, 0) is 17.8 Å². The van der Waals surface area contributed by atoms with Gasteiger partial charge in [0.25, 0.3) is 11.6 Å². The second kappa shape index (κ2) is 9.62. The summed E-state index contributed by atoms with van der Waals surface area (Å²) in [6.07, 6.45) is 3.30. The number of nitro benzene ring substituents is 1. The van der Waals surface area contributed by atoms with Crippen LogP contribution in [0.5, 0.6) is 0 Å². The lowest BCUT2D eigenvalue weighted by Gasteiger charge is -2.24. The van der Waals surface area contributed by atoms with Crippen molar-refractivity contribution in [2.75, 3.05) is 7.11 Å². The fourth-order valence-corrected chi connectivity index (χ4v) is 3.16. The summed E-state index contributed by atoms with van der Waals surface area (Å²) >= 11 is 0. The number of hydrogen-bond acceptors (Lipinski definition) is 6. The van der Waals surface area contributed by atoms with Crippen LogP contribution in [0.4, 0.5) is 5.69 Å². The molecule has 0 bridgehead atoms. The minimum Gasteiger partial charge on any atom is -0.465 e. The van der Waals surface area contributed by atoms with Gasteiger partial charge in [0.15, 0.2) is 0 Å². The maximum Gasteiger partial charge on any atom is 0.338 e. The van der Waals surface area contributed by atoms with Crippen LogP contribution in [0.25, 0.3) is 0 Å². The van der Waals surface area contributed by atoms with Gasteiger partial charge in [0, 0.05) is 43.2 Å². The smallest absolute Gasteiger partial charge is 0.338 e. The van der Waals surface area contributed by atoms with Gasteiger partial charge in [-0.25, -0.2) is 4.79 Å². The second-order valence-electron chi connectivity index (χ2n) is 6.97. The van der Waals surface area contributed by atoms with Crippen molar-refractivity contribution in [2.24, 2.45) is 0 Å². The molecule has 8 nitrogen and oxygen atoms in total. The topological polar surface area (TPSA) is 103 Å². The molecule has 0 aliphatic rings. The van der Waals surface area contributed by atoms with Gasteiger partial charge in [-0.3, -0.25) is 19.9 Å². The predicted molar refractivity (Wildman–Crippen MR) is 113 cm³/mol. The largest absolute Gasteiger partial charge is 0.465 e. The Labute approximate surface area is 179 Å². The Bertz CT molecular complexity index is 1120. The van der Waals surface area contributed by atoms with E-state index in [0.717, 1.165) is 22.8 Å². The summed E-state index contributed by atoms with van der Waals surface area (Å²) in [5.41, 5.74) is 2.38. The van der Waals surface area contributed by atoms with Gasteiger partial charge in [-0.2, -0.15) is 0 Å². The molecule has 2 aromatic carbocycles. The molecule has 31 heavy (non-hydrogen) atoms. The SMILES string of the molecule is COC(=O)c1cc(C(=O)N(Cc2cccnc2)Cc2ccccc2C)cc([N+](=O)[O-])c1. The summed E-state index contributed by atoms with van der Waals surface area (Å²) in [6, 6.07) is 14.9. The Kier molecular flexibility index (Phi) is 6.71. The average molecular weight is 419 g/mol. The van der Waals surface area contributed by atoms with E-state index in [4.69, 9.17) is 0 Å². The quantitative estimate of drug-likeness (QED) is 0.327. The van der Waals surface area contributed by atoms with Gasteiger partial charge < -0.3 is 9.64 Å². The highest BCUT2D eigenvalue weighted by atomic mass is 16.6. The first-order valence-corrected chi connectivity index (χ1v) is 9.49. The number of amides is 1. The molecule has 0 N–H and O–H groups in total. The van der Waals surface area contributed by atoms with Crippen LogP contribution in [0.1, 0.15) is 37.4 Å². The van der Waals surface area contributed by atoms with E-state index in [1.54, 1.807) is 23.4 Å². The van der Waals surface area contributed by atoms with E-state index in [1.165, 1.54) is 19.2 Å². The molecule has 0 atom stereocenters. The first-order valence-electron chi connectivity index (χ1n) is 9.49. The average Bonchev–Trinajstić information content (AvgIpc) is 2.79. The zero-order chi connectivity index (χ0) is 22.4. The third-order valence-corrected chi connectivity index (χ3v) is 4.80. The lowest BCUT2D eigenvalue weighted by Crippen LogP contribution is -2.30. The summed E-state index contributed by atoms with van der Waals surface area (Å²) < 4.78 is 4.68. The van der Waals surface area contributed by atoms with Crippen molar-refractivity contribution in [3.63, 3.8) is 0 Å². The van der Waals surface area contributed by atoms with Crippen LogP contribution >= 0.6 is 0 Å². The fraction of sp³-hybridized carbons (Fsp3) is 0.174. The molecule has 0 saturated heterocycles. The number of carbonyl (C=O) groups is 2. The molecule has 3 aromatic rings. The molecule has 0 radical (unpaired) electrons. The van der Waals surface area contributed by atoms with Crippen molar-refractivity contribution in [3.05, 3.63) is 105 Å². The van der Waals surface area contributed by atoms with Crippen LogP contribution in [0.2, 0.25) is 0 Å². The number of esters is 1. The molecule has 0 fully saturated rings. The number of nitrogens with zero attached hydrogens (tertiary/aromatic N) is 3. The molecular weight excluding hydrogens is 398 g/mol. The predicted octanol–water partition coefficient (Wildman–Crippen LogP) is 3.93. The van der Waals surface area contributed by atoms with E-state index in [2.05, 4.69) is 9.72 Å². The lowest BCUT2D eigenvalue weighted by atomic mass is 10.1. The molecule has 1 aromatic heterocycles. The molecule has 158 valence electrons. The Morgan fingerprint density at radius 3 is 2.45 bits per heavy atom. The van der Waals surface area contributed by atoms with Crippen LogP contribution < -0.4 is 0 Å². The number of carbonyl (C=O) groups excluding carboxylic acids is 2. The molecule has 0 spiro atoms. The highest BCUT2D eigenvalue weighted by Gasteiger charge is 2.23. The first kappa shape index (κ1) is 21.6. The highest BCUT2D eigenvalue weighted by molar-refractivity contribution is 5.99. The minimum absolute atomic E-state index is 0.0343. The van der Waals surface area contributed by atoms with Crippen LogP contribution in [0.3, 0.4) is 0 Å². The number of non-ortho nitro benzene ring substituents is 1. The van der Waals surface area contributed by atoms with Gasteiger partial charge in [0.1, 0.15) is 0 Å². The molecule has 0 saturated carbocycles. The number of benzene rings is 2. The Balaban J connectivity index is 2.02.